The van der Waals surface area contributed by atoms with Gasteiger partial charge in [0.2, 0.25) is 0 Å². The minimum absolute atomic E-state index is 0.00720. The first-order chi connectivity index (χ1) is 22.2. The van der Waals surface area contributed by atoms with Crippen LogP contribution in [0.2, 0.25) is 10.0 Å². The van der Waals surface area contributed by atoms with Crippen molar-refractivity contribution in [3.8, 4) is 5.75 Å². The van der Waals surface area contributed by atoms with Gasteiger partial charge in [0.1, 0.15) is 0 Å². The number of rotatable bonds is 6. The van der Waals surface area contributed by atoms with Crippen molar-refractivity contribution in [2.75, 3.05) is 64.8 Å². The molecule has 0 radical (unpaired) electrons. The SMILES string of the molecule is CN1CCC(N2CCN(C(=O)[C@@H](Cc3cc(Cl)c(O)c(Cl)c3)OC(=O)N3CCC(N4CCc5ccccc5NC4=O)CC3)C2)CC1. The van der Waals surface area contributed by atoms with E-state index in [9.17, 15) is 19.5 Å². The van der Waals surface area contributed by atoms with Crippen molar-refractivity contribution >= 4 is 46.9 Å². The third-order valence-electron chi connectivity index (χ3n) is 9.85. The van der Waals surface area contributed by atoms with E-state index in [1.807, 2.05) is 29.2 Å². The summed E-state index contributed by atoms with van der Waals surface area (Å²) in [6.45, 7) is 5.32. The third kappa shape index (κ3) is 7.33. The Labute approximate surface area is 279 Å². The van der Waals surface area contributed by atoms with Crippen LogP contribution in [0.4, 0.5) is 15.3 Å². The molecular formula is C33H42Cl2N6O5. The molecular weight excluding hydrogens is 631 g/mol. The van der Waals surface area contributed by atoms with Crippen LogP contribution in [-0.2, 0) is 22.4 Å². The van der Waals surface area contributed by atoms with Crippen LogP contribution in [-0.4, -0.2) is 125 Å². The molecule has 46 heavy (non-hydrogen) atoms. The number of carbonyl (C=O) groups is 3. The number of carbonyl (C=O) groups excluding carboxylic acids is 3. The van der Waals surface area contributed by atoms with E-state index in [4.69, 9.17) is 27.9 Å². The van der Waals surface area contributed by atoms with Gasteiger partial charge in [0.25, 0.3) is 5.91 Å². The standard InChI is InChI=1S/C33H42Cl2N6O5/c1-37-11-7-24(8-12-37)39-16-17-40(21-39)31(43)29(20-22-18-26(34)30(42)27(35)19-22)46-33(45)38-13-9-25(10-14-38)41-15-6-23-4-2-3-5-28(23)36-32(41)44/h2-5,18-19,24-25,29,42H,6-17,20-21H2,1H3,(H,36,44)/t29-/m1/s1. The van der Waals surface area contributed by atoms with Crippen molar-refractivity contribution in [2.24, 2.45) is 0 Å². The highest BCUT2D eigenvalue weighted by molar-refractivity contribution is 6.37. The lowest BCUT2D eigenvalue weighted by Crippen LogP contribution is -2.51. The van der Waals surface area contributed by atoms with Gasteiger partial charge in [-0.1, -0.05) is 41.4 Å². The number of urea groups is 1. The molecule has 248 valence electrons. The molecule has 1 atom stereocenters. The maximum atomic E-state index is 13.9. The number of nitrogens with one attached hydrogen (secondary N) is 1. The molecule has 11 nitrogen and oxygen atoms in total. The van der Waals surface area contributed by atoms with E-state index in [-0.39, 0.29) is 40.2 Å². The lowest BCUT2D eigenvalue weighted by molar-refractivity contribution is -0.140. The topological polar surface area (TPSA) is 109 Å². The predicted molar refractivity (Wildman–Crippen MR) is 176 cm³/mol. The second-order valence-corrected chi connectivity index (χ2v) is 13.6. The number of hydrogen-bond donors (Lipinski definition) is 2. The summed E-state index contributed by atoms with van der Waals surface area (Å²) in [7, 11) is 2.13. The fraction of sp³-hybridized carbons (Fsp3) is 0.545. The van der Waals surface area contributed by atoms with Crippen LogP contribution in [0.3, 0.4) is 0 Å². The molecule has 4 aliphatic rings. The molecule has 13 heteroatoms. The van der Waals surface area contributed by atoms with Crippen LogP contribution in [0.15, 0.2) is 36.4 Å². The largest absolute Gasteiger partial charge is 0.505 e. The number of anilines is 1. The number of halogens is 2. The molecule has 3 fully saturated rings. The van der Waals surface area contributed by atoms with Crippen LogP contribution in [0, 0.1) is 0 Å². The zero-order valence-electron chi connectivity index (χ0n) is 26.2. The van der Waals surface area contributed by atoms with Gasteiger partial charge in [-0.3, -0.25) is 9.69 Å². The number of para-hydroxylation sites is 1. The Hall–Kier alpha value is -3.25. The highest BCUT2D eigenvalue weighted by Gasteiger charge is 2.37. The molecule has 0 unspecified atom stereocenters. The Bertz CT molecular complexity index is 1420. The van der Waals surface area contributed by atoms with Gasteiger partial charge in [-0.25, -0.2) is 9.59 Å². The van der Waals surface area contributed by atoms with E-state index in [0.717, 1.165) is 50.1 Å². The lowest BCUT2D eigenvalue weighted by Gasteiger charge is -2.38. The number of ether oxygens (including phenoxy) is 1. The molecule has 3 saturated heterocycles. The summed E-state index contributed by atoms with van der Waals surface area (Å²) >= 11 is 12.4. The van der Waals surface area contributed by atoms with Crippen molar-refractivity contribution in [1.82, 2.24) is 24.5 Å². The average molecular weight is 674 g/mol. The van der Waals surface area contributed by atoms with Crippen LogP contribution < -0.4 is 5.32 Å². The molecule has 0 bridgehead atoms. The van der Waals surface area contributed by atoms with Gasteiger partial charge in [0.05, 0.1) is 16.7 Å². The molecule has 4 aliphatic heterocycles. The van der Waals surface area contributed by atoms with Crippen LogP contribution >= 0.6 is 23.2 Å². The number of phenolic OH excluding ortho intramolecular Hbond substituents is 1. The Kier molecular flexibility index (Phi) is 10.1. The molecule has 0 aliphatic carbocycles. The van der Waals surface area contributed by atoms with E-state index < -0.39 is 12.2 Å². The number of likely N-dealkylation sites (tertiary alicyclic amines) is 2. The van der Waals surface area contributed by atoms with Crippen molar-refractivity contribution in [3.63, 3.8) is 0 Å². The molecule has 0 spiro atoms. The number of amides is 4. The summed E-state index contributed by atoms with van der Waals surface area (Å²) in [5, 5.41) is 13.2. The number of aromatic hydroxyl groups is 1. The summed E-state index contributed by atoms with van der Waals surface area (Å²) in [4.78, 5) is 50.4. The van der Waals surface area contributed by atoms with E-state index in [2.05, 4.69) is 22.2 Å². The Morgan fingerprint density at radius 3 is 2.33 bits per heavy atom. The number of hydrogen-bond acceptors (Lipinski definition) is 7. The first-order valence-corrected chi connectivity index (χ1v) is 16.9. The molecule has 4 heterocycles. The summed E-state index contributed by atoms with van der Waals surface area (Å²) in [5.41, 5.74) is 2.53. The first kappa shape index (κ1) is 32.7. The third-order valence-corrected chi connectivity index (χ3v) is 10.4. The highest BCUT2D eigenvalue weighted by Crippen LogP contribution is 2.34. The molecule has 0 aromatic heterocycles. The molecule has 6 rings (SSSR count). The predicted octanol–water partition coefficient (Wildman–Crippen LogP) is 4.50. The quantitative estimate of drug-likeness (QED) is 0.465. The Morgan fingerprint density at radius 1 is 0.935 bits per heavy atom. The second-order valence-electron chi connectivity index (χ2n) is 12.8. The maximum Gasteiger partial charge on any atom is 0.410 e. The van der Waals surface area contributed by atoms with E-state index in [1.165, 1.54) is 0 Å². The minimum Gasteiger partial charge on any atom is -0.505 e. The number of fused-ring (bicyclic) bond motifs is 1. The fourth-order valence-electron chi connectivity index (χ4n) is 7.08. The molecule has 2 aromatic rings. The maximum absolute atomic E-state index is 13.9. The van der Waals surface area contributed by atoms with E-state index in [1.54, 1.807) is 21.9 Å². The van der Waals surface area contributed by atoms with Gasteiger partial charge in [-0.05, 0) is 81.6 Å². The van der Waals surface area contributed by atoms with Crippen molar-refractivity contribution in [1.29, 1.82) is 0 Å². The zero-order valence-corrected chi connectivity index (χ0v) is 27.7. The fourth-order valence-corrected chi connectivity index (χ4v) is 7.61. The Morgan fingerprint density at radius 2 is 1.61 bits per heavy atom. The molecule has 2 N–H and O–H groups in total. The first-order valence-electron chi connectivity index (χ1n) is 16.2. The van der Waals surface area contributed by atoms with Crippen molar-refractivity contribution in [2.45, 2.75) is 56.7 Å². The average Bonchev–Trinajstić information content (AvgIpc) is 3.48. The van der Waals surface area contributed by atoms with Gasteiger partial charge in [-0.2, -0.15) is 0 Å². The van der Waals surface area contributed by atoms with Gasteiger partial charge in [0, 0.05) is 56.9 Å². The van der Waals surface area contributed by atoms with E-state index >= 15 is 0 Å². The Balaban J connectivity index is 1.10. The van der Waals surface area contributed by atoms with Crippen molar-refractivity contribution < 1.29 is 24.2 Å². The highest BCUT2D eigenvalue weighted by atomic mass is 35.5. The lowest BCUT2D eigenvalue weighted by atomic mass is 10.0. The second kappa shape index (κ2) is 14.3. The molecule has 4 amide bonds. The zero-order chi connectivity index (χ0) is 32.4. The number of phenols is 1. The van der Waals surface area contributed by atoms with Crippen LogP contribution in [0.25, 0.3) is 0 Å². The summed E-state index contributed by atoms with van der Waals surface area (Å²) in [6.07, 6.45) is 2.52. The van der Waals surface area contributed by atoms with Crippen LogP contribution in [0.1, 0.15) is 36.8 Å². The summed E-state index contributed by atoms with van der Waals surface area (Å²) in [6, 6.07) is 11.2. The normalized spacial score (nSPS) is 21.1. The monoisotopic (exact) mass is 672 g/mol. The van der Waals surface area contributed by atoms with Crippen molar-refractivity contribution in [3.05, 3.63) is 57.6 Å². The smallest absolute Gasteiger partial charge is 0.410 e. The number of benzene rings is 2. The molecule has 2 aromatic carbocycles. The van der Waals surface area contributed by atoms with Crippen LogP contribution in [0.5, 0.6) is 5.75 Å². The van der Waals surface area contributed by atoms with Gasteiger partial charge >= 0.3 is 12.1 Å². The minimum atomic E-state index is -1.09. The summed E-state index contributed by atoms with van der Waals surface area (Å²) < 4.78 is 5.97. The number of piperidine rings is 2. The van der Waals surface area contributed by atoms with Gasteiger partial charge in [-0.15, -0.1) is 0 Å². The molecule has 0 saturated carbocycles. The number of nitrogens with zero attached hydrogens (tertiary/aromatic N) is 5. The summed E-state index contributed by atoms with van der Waals surface area (Å²) in [5.74, 6) is -0.495. The van der Waals surface area contributed by atoms with Gasteiger partial charge in [0.15, 0.2) is 11.9 Å². The van der Waals surface area contributed by atoms with E-state index in [0.29, 0.717) is 57.3 Å². The van der Waals surface area contributed by atoms with Gasteiger partial charge < -0.3 is 34.8 Å².